The van der Waals surface area contributed by atoms with Crippen molar-refractivity contribution in [3.63, 3.8) is 0 Å². The summed E-state index contributed by atoms with van der Waals surface area (Å²) in [5.74, 6) is 0.488. The third kappa shape index (κ3) is 2.11. The molecule has 4 heteroatoms. The van der Waals surface area contributed by atoms with Crippen LogP contribution in [0.25, 0.3) is 11.3 Å². The molecule has 0 radical (unpaired) electrons. The van der Waals surface area contributed by atoms with Crippen LogP contribution in [0.15, 0.2) is 24.3 Å². The molecule has 0 saturated heterocycles. The molecular formula is C13H14FN3. The van der Waals surface area contributed by atoms with Gasteiger partial charge in [0, 0.05) is 12.6 Å². The van der Waals surface area contributed by atoms with Gasteiger partial charge in [-0.1, -0.05) is 12.1 Å². The average molecular weight is 231 g/mol. The zero-order valence-corrected chi connectivity index (χ0v) is 10.1. The maximum absolute atomic E-state index is 13.2. The number of nitrogens with zero attached hydrogens (tertiary/aromatic N) is 2. The fourth-order valence-electron chi connectivity index (χ4n) is 1.75. The van der Waals surface area contributed by atoms with Crippen molar-refractivity contribution in [2.45, 2.75) is 13.8 Å². The van der Waals surface area contributed by atoms with Gasteiger partial charge in [0.05, 0.1) is 5.69 Å². The molecule has 0 aliphatic rings. The van der Waals surface area contributed by atoms with E-state index in [0.29, 0.717) is 0 Å². The second-order valence-electron chi connectivity index (χ2n) is 3.91. The minimum absolute atomic E-state index is 0.265. The molecule has 0 unspecified atom stereocenters. The normalized spacial score (nSPS) is 10.4. The largest absolute Gasteiger partial charge is 0.371 e. The standard InChI is InChI=1S/C13H14FN3/c1-8-9(2)13(15-3)17-16-12(8)10-5-4-6-11(14)7-10/h4-7H,1-3H3,(H,15,17). The molecule has 0 aliphatic heterocycles. The number of nitrogens with one attached hydrogen (secondary N) is 1. The molecule has 0 aliphatic carbocycles. The van der Waals surface area contributed by atoms with E-state index >= 15 is 0 Å². The van der Waals surface area contributed by atoms with Gasteiger partial charge in [0.2, 0.25) is 0 Å². The van der Waals surface area contributed by atoms with Gasteiger partial charge in [-0.05, 0) is 37.1 Å². The molecule has 2 aromatic rings. The van der Waals surface area contributed by atoms with Crippen LogP contribution in [0.3, 0.4) is 0 Å². The van der Waals surface area contributed by atoms with E-state index in [-0.39, 0.29) is 5.82 Å². The maximum Gasteiger partial charge on any atom is 0.151 e. The van der Waals surface area contributed by atoms with E-state index < -0.39 is 0 Å². The van der Waals surface area contributed by atoms with Crippen molar-refractivity contribution < 1.29 is 4.39 Å². The molecule has 0 amide bonds. The predicted octanol–water partition coefficient (Wildman–Crippen LogP) is 2.94. The van der Waals surface area contributed by atoms with Gasteiger partial charge in [0.15, 0.2) is 5.82 Å². The van der Waals surface area contributed by atoms with Gasteiger partial charge in [0.1, 0.15) is 5.82 Å². The number of halogens is 1. The van der Waals surface area contributed by atoms with Crippen LogP contribution in [0.5, 0.6) is 0 Å². The molecule has 0 spiro atoms. The van der Waals surface area contributed by atoms with Crippen molar-refractivity contribution in [3.8, 4) is 11.3 Å². The fourth-order valence-corrected chi connectivity index (χ4v) is 1.75. The summed E-state index contributed by atoms with van der Waals surface area (Å²) >= 11 is 0. The number of aromatic nitrogens is 2. The highest BCUT2D eigenvalue weighted by molar-refractivity contribution is 5.66. The van der Waals surface area contributed by atoms with Gasteiger partial charge >= 0.3 is 0 Å². The molecule has 0 atom stereocenters. The Morgan fingerprint density at radius 3 is 2.53 bits per heavy atom. The van der Waals surface area contributed by atoms with Crippen molar-refractivity contribution in [3.05, 3.63) is 41.2 Å². The summed E-state index contributed by atoms with van der Waals surface area (Å²) in [5.41, 5.74) is 3.51. The van der Waals surface area contributed by atoms with Crippen LogP contribution in [-0.2, 0) is 0 Å². The Morgan fingerprint density at radius 2 is 1.88 bits per heavy atom. The first kappa shape index (κ1) is 11.5. The van der Waals surface area contributed by atoms with E-state index in [9.17, 15) is 4.39 Å². The van der Waals surface area contributed by atoms with Crippen molar-refractivity contribution in [1.29, 1.82) is 0 Å². The number of benzene rings is 1. The Balaban J connectivity index is 2.57. The third-order valence-electron chi connectivity index (χ3n) is 2.86. The number of hydrogen-bond acceptors (Lipinski definition) is 3. The van der Waals surface area contributed by atoms with E-state index in [1.807, 2.05) is 19.9 Å². The Bertz CT molecular complexity index is 552. The summed E-state index contributed by atoms with van der Waals surface area (Å²) in [7, 11) is 1.80. The van der Waals surface area contributed by atoms with E-state index in [1.165, 1.54) is 12.1 Å². The van der Waals surface area contributed by atoms with Crippen LogP contribution < -0.4 is 5.32 Å². The number of hydrogen-bond donors (Lipinski definition) is 1. The summed E-state index contributed by atoms with van der Waals surface area (Å²) in [4.78, 5) is 0. The quantitative estimate of drug-likeness (QED) is 0.863. The maximum atomic E-state index is 13.2. The predicted molar refractivity (Wildman–Crippen MR) is 66.4 cm³/mol. The van der Waals surface area contributed by atoms with Crippen molar-refractivity contribution in [1.82, 2.24) is 10.2 Å². The molecule has 1 aromatic heterocycles. The van der Waals surface area contributed by atoms with Gasteiger partial charge in [0.25, 0.3) is 0 Å². The van der Waals surface area contributed by atoms with Crippen LogP contribution >= 0.6 is 0 Å². The van der Waals surface area contributed by atoms with Crippen molar-refractivity contribution in [2.75, 3.05) is 12.4 Å². The Labute approximate surface area is 99.7 Å². The lowest BCUT2D eigenvalue weighted by Crippen LogP contribution is -2.02. The highest BCUT2D eigenvalue weighted by Crippen LogP contribution is 2.25. The Morgan fingerprint density at radius 1 is 1.12 bits per heavy atom. The molecule has 1 heterocycles. The first-order valence-electron chi connectivity index (χ1n) is 5.41. The molecule has 1 aromatic carbocycles. The van der Waals surface area contributed by atoms with E-state index in [1.54, 1.807) is 13.1 Å². The fraction of sp³-hybridized carbons (Fsp3) is 0.231. The van der Waals surface area contributed by atoms with Gasteiger partial charge < -0.3 is 5.32 Å². The molecule has 0 bridgehead atoms. The first-order chi connectivity index (χ1) is 8.13. The van der Waals surface area contributed by atoms with Crippen LogP contribution in [0.2, 0.25) is 0 Å². The molecule has 0 saturated carbocycles. The lowest BCUT2D eigenvalue weighted by Gasteiger charge is -2.10. The molecular weight excluding hydrogens is 217 g/mol. The lowest BCUT2D eigenvalue weighted by atomic mass is 10.0. The summed E-state index contributed by atoms with van der Waals surface area (Å²) in [6, 6.07) is 6.39. The van der Waals surface area contributed by atoms with Crippen molar-refractivity contribution >= 4 is 5.82 Å². The Kier molecular flexibility index (Phi) is 3.04. The average Bonchev–Trinajstić information content (AvgIpc) is 2.32. The monoisotopic (exact) mass is 231 g/mol. The zero-order valence-electron chi connectivity index (χ0n) is 10.1. The molecule has 2 rings (SSSR count). The second kappa shape index (κ2) is 4.49. The summed E-state index contributed by atoms with van der Waals surface area (Å²) in [6.45, 7) is 3.93. The first-order valence-corrected chi connectivity index (χ1v) is 5.41. The topological polar surface area (TPSA) is 37.8 Å². The van der Waals surface area contributed by atoms with Gasteiger partial charge in [-0.15, -0.1) is 10.2 Å². The van der Waals surface area contributed by atoms with Gasteiger partial charge in [-0.25, -0.2) is 4.39 Å². The zero-order chi connectivity index (χ0) is 12.4. The molecule has 88 valence electrons. The van der Waals surface area contributed by atoms with E-state index in [2.05, 4.69) is 15.5 Å². The molecule has 0 fully saturated rings. The van der Waals surface area contributed by atoms with Gasteiger partial charge in [-0.2, -0.15) is 0 Å². The minimum atomic E-state index is -0.265. The lowest BCUT2D eigenvalue weighted by molar-refractivity contribution is 0.628. The highest BCUT2D eigenvalue weighted by Gasteiger charge is 2.10. The summed E-state index contributed by atoms with van der Waals surface area (Å²) < 4.78 is 13.2. The van der Waals surface area contributed by atoms with Crippen LogP contribution in [0.1, 0.15) is 11.1 Å². The smallest absolute Gasteiger partial charge is 0.151 e. The van der Waals surface area contributed by atoms with Crippen LogP contribution in [0, 0.1) is 19.7 Å². The highest BCUT2D eigenvalue weighted by atomic mass is 19.1. The van der Waals surface area contributed by atoms with Crippen LogP contribution in [0.4, 0.5) is 10.2 Å². The minimum Gasteiger partial charge on any atom is -0.371 e. The van der Waals surface area contributed by atoms with E-state index in [0.717, 1.165) is 28.2 Å². The third-order valence-corrected chi connectivity index (χ3v) is 2.86. The molecule has 1 N–H and O–H groups in total. The summed E-state index contributed by atoms with van der Waals surface area (Å²) in [5, 5.41) is 11.2. The Hall–Kier alpha value is -1.97. The summed E-state index contributed by atoms with van der Waals surface area (Å²) in [6.07, 6.45) is 0. The van der Waals surface area contributed by atoms with E-state index in [4.69, 9.17) is 0 Å². The number of rotatable bonds is 2. The van der Waals surface area contributed by atoms with Gasteiger partial charge in [-0.3, -0.25) is 0 Å². The molecule has 17 heavy (non-hydrogen) atoms. The molecule has 3 nitrogen and oxygen atoms in total. The second-order valence-corrected chi connectivity index (χ2v) is 3.91. The SMILES string of the molecule is CNc1nnc(-c2cccc(F)c2)c(C)c1C. The van der Waals surface area contributed by atoms with Crippen LogP contribution in [-0.4, -0.2) is 17.2 Å². The number of anilines is 1. The van der Waals surface area contributed by atoms with Crippen molar-refractivity contribution in [2.24, 2.45) is 0 Å².